The minimum atomic E-state index is -0.589. The molecule has 0 unspecified atom stereocenters. The Morgan fingerprint density at radius 1 is 1.22 bits per heavy atom. The first-order valence-electron chi connectivity index (χ1n) is 12.3. The van der Waals surface area contributed by atoms with Gasteiger partial charge in [-0.25, -0.2) is 14.6 Å². The third-order valence-corrected chi connectivity index (χ3v) is 6.62. The summed E-state index contributed by atoms with van der Waals surface area (Å²) in [4.78, 5) is 20.9. The molecule has 5 rings (SSSR count). The van der Waals surface area contributed by atoms with Crippen LogP contribution in [0, 0.1) is 12.3 Å². The molecule has 0 bridgehead atoms. The van der Waals surface area contributed by atoms with Crippen molar-refractivity contribution in [3.63, 3.8) is 0 Å². The molecule has 194 valence electrons. The summed E-state index contributed by atoms with van der Waals surface area (Å²) in [6.45, 7) is 9.62. The van der Waals surface area contributed by atoms with Crippen molar-refractivity contribution in [2.45, 2.75) is 53.5 Å². The van der Waals surface area contributed by atoms with Gasteiger partial charge >= 0.3 is 5.97 Å². The average molecular weight is 505 g/mol. The van der Waals surface area contributed by atoms with E-state index in [1.54, 1.807) is 27.0 Å². The van der Waals surface area contributed by atoms with Crippen molar-refractivity contribution in [2.75, 3.05) is 18.8 Å². The fourth-order valence-corrected chi connectivity index (χ4v) is 4.64. The summed E-state index contributed by atoms with van der Waals surface area (Å²) in [6, 6.07) is 8.20. The lowest BCUT2D eigenvalue weighted by Crippen LogP contribution is -2.24. The predicted octanol–water partition coefficient (Wildman–Crippen LogP) is 3.24. The number of aromatic nitrogens is 6. The second-order valence-electron chi connectivity index (χ2n) is 10.3. The van der Waals surface area contributed by atoms with Crippen molar-refractivity contribution in [3.05, 3.63) is 48.2 Å². The summed E-state index contributed by atoms with van der Waals surface area (Å²) in [5, 5.41) is 12.2. The number of rotatable bonds is 7. The summed E-state index contributed by atoms with van der Waals surface area (Å²) >= 11 is 0. The van der Waals surface area contributed by atoms with Gasteiger partial charge in [0.1, 0.15) is 30.1 Å². The number of nitrogens with two attached hydrogens (primary N) is 1. The molecule has 0 amide bonds. The summed E-state index contributed by atoms with van der Waals surface area (Å²) in [5.74, 6) is 0.854. The first-order chi connectivity index (χ1) is 17.7. The lowest BCUT2D eigenvalue weighted by Gasteiger charge is -2.17. The van der Waals surface area contributed by atoms with Gasteiger partial charge in [-0.3, -0.25) is 4.79 Å². The Morgan fingerprint density at radius 2 is 2.00 bits per heavy atom. The van der Waals surface area contributed by atoms with Gasteiger partial charge < -0.3 is 25.1 Å². The number of carbonyl (C=O) groups excluding carboxylic acids is 1. The van der Waals surface area contributed by atoms with Crippen molar-refractivity contribution >= 4 is 22.8 Å². The van der Waals surface area contributed by atoms with E-state index >= 15 is 0 Å². The first kappa shape index (κ1) is 24.7. The highest BCUT2D eigenvalue weighted by atomic mass is 16.5. The van der Waals surface area contributed by atoms with Crippen molar-refractivity contribution in [1.82, 2.24) is 34.8 Å². The van der Waals surface area contributed by atoms with Crippen molar-refractivity contribution in [1.29, 1.82) is 0 Å². The number of benzene rings is 1. The molecule has 1 aliphatic heterocycles. The molecule has 4 heterocycles. The van der Waals surface area contributed by atoms with Crippen LogP contribution in [0.2, 0.25) is 0 Å². The third kappa shape index (κ3) is 4.86. The van der Waals surface area contributed by atoms with Crippen LogP contribution in [0.25, 0.3) is 22.2 Å². The molecule has 11 nitrogen and oxygen atoms in total. The molecule has 37 heavy (non-hydrogen) atoms. The van der Waals surface area contributed by atoms with E-state index in [1.165, 1.54) is 11.0 Å². The molecule has 1 atom stereocenters. The highest BCUT2D eigenvalue weighted by Crippen LogP contribution is 2.39. The molecule has 3 aromatic heterocycles. The van der Waals surface area contributed by atoms with Gasteiger partial charge in [0.15, 0.2) is 6.73 Å². The number of esters is 1. The number of hydrogen-bond donors (Lipinski definition) is 2. The van der Waals surface area contributed by atoms with E-state index in [1.807, 2.05) is 24.3 Å². The number of hydrogen-bond acceptors (Lipinski definition) is 9. The second kappa shape index (κ2) is 9.81. The van der Waals surface area contributed by atoms with Crippen LogP contribution in [0.15, 0.2) is 36.8 Å². The van der Waals surface area contributed by atoms with Crippen molar-refractivity contribution in [3.8, 4) is 16.9 Å². The van der Waals surface area contributed by atoms with Gasteiger partial charge in [-0.1, -0.05) is 17.3 Å². The Balaban J connectivity index is 1.34. The van der Waals surface area contributed by atoms with Gasteiger partial charge in [0, 0.05) is 23.8 Å². The molecule has 1 fully saturated rings. The number of nitrogens with zero attached hydrogens (tertiary/aromatic N) is 6. The summed E-state index contributed by atoms with van der Waals surface area (Å²) in [5.41, 5.74) is 10.5. The minimum absolute atomic E-state index is 0.0168. The third-order valence-electron chi connectivity index (χ3n) is 6.62. The predicted molar refractivity (Wildman–Crippen MR) is 139 cm³/mol. The highest BCUT2D eigenvalue weighted by molar-refractivity contribution is 6.02. The number of anilines is 1. The van der Waals surface area contributed by atoms with Crippen molar-refractivity contribution in [2.24, 2.45) is 5.41 Å². The Morgan fingerprint density at radius 3 is 2.70 bits per heavy atom. The number of nitrogen functional groups attached to an aromatic ring is 1. The zero-order valence-corrected chi connectivity index (χ0v) is 21.6. The summed E-state index contributed by atoms with van der Waals surface area (Å²) < 4.78 is 15.1. The molecule has 0 spiro atoms. The molecule has 1 aliphatic rings. The molecule has 3 N–H and O–H groups in total. The molecule has 1 aromatic carbocycles. The number of carbonyl (C=O) groups is 1. The van der Waals surface area contributed by atoms with Crippen LogP contribution in [0.5, 0.6) is 5.75 Å². The van der Waals surface area contributed by atoms with E-state index < -0.39 is 5.41 Å². The van der Waals surface area contributed by atoms with Crippen LogP contribution < -0.4 is 15.8 Å². The normalized spacial score (nSPS) is 15.8. The standard InChI is InChI=1S/C26H32N8O3/c1-16-21(22-23(27)29-14-30-24(22)34(16)18-9-10-28-11-18)17-5-7-20(8-6-17)36-13-19-12-31-32-33(19)15-37-25(35)26(2,3)4/h5-8,12,14,18,28H,9-11,13,15H2,1-4H3,(H2,27,29,30)/t18-/m1/s1. The Kier molecular flexibility index (Phi) is 6.55. The van der Waals surface area contributed by atoms with Crippen LogP contribution in [-0.2, 0) is 22.9 Å². The fraction of sp³-hybridized carbons (Fsp3) is 0.423. The van der Waals surface area contributed by atoms with Crippen LogP contribution in [0.1, 0.15) is 44.6 Å². The molecular formula is C26H32N8O3. The van der Waals surface area contributed by atoms with Gasteiger partial charge in [-0.2, -0.15) is 0 Å². The van der Waals surface area contributed by atoms with E-state index in [9.17, 15) is 4.79 Å². The zero-order valence-electron chi connectivity index (χ0n) is 21.6. The Labute approximate surface area is 215 Å². The number of fused-ring (bicyclic) bond motifs is 1. The van der Waals surface area contributed by atoms with Crippen molar-refractivity contribution < 1.29 is 14.3 Å². The highest BCUT2D eigenvalue weighted by Gasteiger charge is 2.26. The molecule has 4 aromatic rings. The summed E-state index contributed by atoms with van der Waals surface area (Å²) in [6.07, 6.45) is 4.17. The Hall–Kier alpha value is -3.99. The monoisotopic (exact) mass is 504 g/mol. The van der Waals surface area contributed by atoms with Gasteiger partial charge in [0.05, 0.1) is 22.7 Å². The topological polar surface area (TPSA) is 135 Å². The SMILES string of the molecule is Cc1c(-c2ccc(OCc3cnnn3COC(=O)C(C)(C)C)cc2)c2c(N)ncnc2n1[C@@H]1CCNC1. The Bertz CT molecular complexity index is 1410. The maximum absolute atomic E-state index is 12.1. The van der Waals surface area contributed by atoms with Gasteiger partial charge in [0.2, 0.25) is 0 Å². The summed E-state index contributed by atoms with van der Waals surface area (Å²) in [7, 11) is 0. The van der Waals surface area contributed by atoms with E-state index in [0.717, 1.165) is 47.4 Å². The van der Waals surface area contributed by atoms with E-state index in [2.05, 4.69) is 37.1 Å². The fourth-order valence-electron chi connectivity index (χ4n) is 4.64. The largest absolute Gasteiger partial charge is 0.487 e. The molecule has 11 heteroatoms. The number of nitrogens with one attached hydrogen (secondary N) is 1. The minimum Gasteiger partial charge on any atom is -0.487 e. The van der Waals surface area contributed by atoms with Gasteiger partial charge in [-0.05, 0) is 58.4 Å². The maximum atomic E-state index is 12.1. The molecule has 0 radical (unpaired) electrons. The average Bonchev–Trinajstić information content (AvgIpc) is 3.60. The van der Waals surface area contributed by atoms with Crippen LogP contribution in [-0.4, -0.2) is 48.6 Å². The number of ether oxygens (including phenoxy) is 2. The van der Waals surface area contributed by atoms with Crippen LogP contribution in [0.3, 0.4) is 0 Å². The molecular weight excluding hydrogens is 472 g/mol. The smallest absolute Gasteiger partial charge is 0.313 e. The lowest BCUT2D eigenvalue weighted by atomic mass is 9.98. The maximum Gasteiger partial charge on any atom is 0.313 e. The molecule has 0 saturated carbocycles. The second-order valence-corrected chi connectivity index (χ2v) is 10.3. The lowest BCUT2D eigenvalue weighted by molar-refractivity contribution is -0.157. The van der Waals surface area contributed by atoms with E-state index in [0.29, 0.717) is 23.3 Å². The van der Waals surface area contributed by atoms with Crippen LogP contribution in [0.4, 0.5) is 5.82 Å². The van der Waals surface area contributed by atoms with E-state index in [4.69, 9.17) is 15.2 Å². The zero-order chi connectivity index (χ0) is 26.2. The molecule has 1 saturated heterocycles. The van der Waals surface area contributed by atoms with Gasteiger partial charge in [-0.15, -0.1) is 5.10 Å². The van der Waals surface area contributed by atoms with E-state index in [-0.39, 0.29) is 19.3 Å². The van der Waals surface area contributed by atoms with Gasteiger partial charge in [0.25, 0.3) is 0 Å². The first-order valence-corrected chi connectivity index (χ1v) is 12.3. The van der Waals surface area contributed by atoms with Crippen LogP contribution >= 0.6 is 0 Å². The molecule has 0 aliphatic carbocycles. The quantitative estimate of drug-likeness (QED) is 0.364.